The topological polar surface area (TPSA) is 40.6 Å². The Bertz CT molecular complexity index is 603. The summed E-state index contributed by atoms with van der Waals surface area (Å²) in [4.78, 5) is 27.1. The van der Waals surface area contributed by atoms with Crippen LogP contribution >= 0.6 is 0 Å². The molecule has 2 heterocycles. The summed E-state index contributed by atoms with van der Waals surface area (Å²) in [5.74, 6) is -4.52. The summed E-state index contributed by atoms with van der Waals surface area (Å²) in [6.45, 7) is 2.13. The van der Waals surface area contributed by atoms with E-state index in [1.807, 2.05) is 0 Å². The molecule has 0 saturated carbocycles. The normalized spacial score (nSPS) is 25.3. The van der Waals surface area contributed by atoms with Crippen molar-refractivity contribution >= 4 is 17.4 Å². The maximum Gasteiger partial charge on any atom is 0.300 e. The molecule has 1 aromatic rings. The number of carbonyl (C=O) groups excluding carboxylic acids is 2. The molecule has 112 valence electrons. The second-order valence-corrected chi connectivity index (χ2v) is 5.71. The standard InChI is InChI=1S/C15H16F2N2O2/c1-10-8-18(7-6-15(10,16)17)9-19-12-5-3-2-4-11(12)13(20)14(19)21/h2-5,10H,6-9H2,1H3. The SMILES string of the molecule is CC1CN(CN2C(=O)C(=O)c3ccccc32)CCC1(F)F. The first-order valence-electron chi connectivity index (χ1n) is 6.95. The molecular weight excluding hydrogens is 278 g/mol. The van der Waals surface area contributed by atoms with E-state index in [1.54, 1.807) is 29.2 Å². The highest BCUT2D eigenvalue weighted by atomic mass is 19.3. The predicted molar refractivity (Wildman–Crippen MR) is 73.4 cm³/mol. The number of nitrogens with zero attached hydrogens (tertiary/aromatic N) is 2. The van der Waals surface area contributed by atoms with Crippen LogP contribution in [0.25, 0.3) is 0 Å². The lowest BCUT2D eigenvalue weighted by Crippen LogP contribution is -2.50. The fourth-order valence-electron chi connectivity index (χ4n) is 2.88. The van der Waals surface area contributed by atoms with E-state index >= 15 is 0 Å². The average molecular weight is 294 g/mol. The molecule has 0 radical (unpaired) electrons. The van der Waals surface area contributed by atoms with Crippen LogP contribution in [-0.2, 0) is 4.79 Å². The summed E-state index contributed by atoms with van der Waals surface area (Å²) in [5, 5.41) is 0. The number of hydrogen-bond donors (Lipinski definition) is 0. The molecule has 1 fully saturated rings. The first-order valence-corrected chi connectivity index (χ1v) is 6.95. The lowest BCUT2D eigenvalue weighted by molar-refractivity contribution is -0.116. The molecule has 3 rings (SSSR count). The molecule has 4 nitrogen and oxygen atoms in total. The van der Waals surface area contributed by atoms with Crippen molar-refractivity contribution in [3.05, 3.63) is 29.8 Å². The van der Waals surface area contributed by atoms with Gasteiger partial charge >= 0.3 is 5.91 Å². The molecule has 1 amide bonds. The maximum absolute atomic E-state index is 13.5. The number of amides is 1. The summed E-state index contributed by atoms with van der Waals surface area (Å²) >= 11 is 0. The minimum absolute atomic E-state index is 0.183. The lowest BCUT2D eigenvalue weighted by atomic mass is 9.96. The van der Waals surface area contributed by atoms with Gasteiger partial charge < -0.3 is 0 Å². The predicted octanol–water partition coefficient (Wildman–Crippen LogP) is 2.15. The molecule has 1 aromatic carbocycles. The van der Waals surface area contributed by atoms with Gasteiger partial charge in [-0.2, -0.15) is 0 Å². The van der Waals surface area contributed by atoms with E-state index < -0.39 is 23.5 Å². The van der Waals surface area contributed by atoms with Gasteiger partial charge in [0, 0.05) is 25.4 Å². The van der Waals surface area contributed by atoms with Crippen molar-refractivity contribution in [2.24, 2.45) is 5.92 Å². The van der Waals surface area contributed by atoms with Crippen LogP contribution in [0.4, 0.5) is 14.5 Å². The summed E-state index contributed by atoms with van der Waals surface area (Å²) < 4.78 is 27.0. The first kappa shape index (κ1) is 14.1. The Balaban J connectivity index is 1.77. The Hall–Kier alpha value is -1.82. The van der Waals surface area contributed by atoms with Crippen LogP contribution in [0.1, 0.15) is 23.7 Å². The minimum Gasteiger partial charge on any atom is -0.291 e. The monoisotopic (exact) mass is 294 g/mol. The van der Waals surface area contributed by atoms with Crippen LogP contribution in [0.3, 0.4) is 0 Å². The maximum atomic E-state index is 13.5. The van der Waals surface area contributed by atoms with Gasteiger partial charge in [0.15, 0.2) is 0 Å². The Labute approximate surface area is 121 Å². The Morgan fingerprint density at radius 3 is 2.71 bits per heavy atom. The third kappa shape index (κ3) is 2.33. The van der Waals surface area contributed by atoms with Gasteiger partial charge in [0.1, 0.15) is 0 Å². The number of ketones is 1. The van der Waals surface area contributed by atoms with Crippen LogP contribution in [-0.4, -0.2) is 42.3 Å². The summed E-state index contributed by atoms with van der Waals surface area (Å²) in [6, 6.07) is 6.78. The fraction of sp³-hybridized carbons (Fsp3) is 0.467. The highest BCUT2D eigenvalue weighted by Crippen LogP contribution is 2.34. The van der Waals surface area contributed by atoms with Crippen LogP contribution < -0.4 is 4.90 Å². The largest absolute Gasteiger partial charge is 0.300 e. The molecule has 0 bridgehead atoms. The summed E-state index contributed by atoms with van der Waals surface area (Å²) in [5.41, 5.74) is 0.954. The Morgan fingerprint density at radius 2 is 2.00 bits per heavy atom. The average Bonchev–Trinajstić information content (AvgIpc) is 2.69. The molecular formula is C15H16F2N2O2. The van der Waals surface area contributed by atoms with E-state index in [2.05, 4.69) is 0 Å². The lowest BCUT2D eigenvalue weighted by Gasteiger charge is -2.38. The van der Waals surface area contributed by atoms with E-state index in [4.69, 9.17) is 0 Å². The second-order valence-electron chi connectivity index (χ2n) is 5.71. The van der Waals surface area contributed by atoms with E-state index in [1.165, 1.54) is 11.8 Å². The highest BCUT2D eigenvalue weighted by molar-refractivity contribution is 6.52. The highest BCUT2D eigenvalue weighted by Gasteiger charge is 2.43. The van der Waals surface area contributed by atoms with Crippen molar-refractivity contribution < 1.29 is 18.4 Å². The number of alkyl halides is 2. The van der Waals surface area contributed by atoms with Crippen LogP contribution in [0, 0.1) is 5.92 Å². The van der Waals surface area contributed by atoms with E-state index in [0.717, 1.165) is 0 Å². The molecule has 0 aromatic heterocycles. The van der Waals surface area contributed by atoms with Gasteiger partial charge in [-0.15, -0.1) is 0 Å². The zero-order chi connectivity index (χ0) is 15.2. The van der Waals surface area contributed by atoms with Crippen molar-refractivity contribution in [1.82, 2.24) is 4.90 Å². The molecule has 0 spiro atoms. The number of hydrogen-bond acceptors (Lipinski definition) is 3. The molecule has 6 heteroatoms. The zero-order valence-corrected chi connectivity index (χ0v) is 11.7. The van der Waals surface area contributed by atoms with Crippen molar-refractivity contribution in [2.75, 3.05) is 24.7 Å². The van der Waals surface area contributed by atoms with Gasteiger partial charge in [0.2, 0.25) is 0 Å². The molecule has 1 atom stereocenters. The summed E-state index contributed by atoms with van der Waals surface area (Å²) in [6.07, 6.45) is -0.216. The molecule has 0 N–H and O–H groups in total. The number of rotatable bonds is 2. The zero-order valence-electron chi connectivity index (χ0n) is 11.7. The molecule has 21 heavy (non-hydrogen) atoms. The molecule has 1 unspecified atom stereocenters. The van der Waals surface area contributed by atoms with Gasteiger partial charge in [0.25, 0.3) is 11.7 Å². The fourth-order valence-corrected chi connectivity index (χ4v) is 2.88. The van der Waals surface area contributed by atoms with Crippen LogP contribution in [0.5, 0.6) is 0 Å². The number of halogens is 2. The van der Waals surface area contributed by atoms with Crippen molar-refractivity contribution in [2.45, 2.75) is 19.3 Å². The van der Waals surface area contributed by atoms with Gasteiger partial charge in [-0.25, -0.2) is 8.78 Å². The number of likely N-dealkylation sites (tertiary alicyclic amines) is 1. The number of benzene rings is 1. The smallest absolute Gasteiger partial charge is 0.291 e. The Morgan fingerprint density at radius 1 is 1.29 bits per heavy atom. The van der Waals surface area contributed by atoms with Gasteiger partial charge in [-0.1, -0.05) is 19.1 Å². The van der Waals surface area contributed by atoms with Crippen LogP contribution in [0.2, 0.25) is 0 Å². The number of anilines is 1. The van der Waals surface area contributed by atoms with Crippen molar-refractivity contribution in [1.29, 1.82) is 0 Å². The molecule has 0 aliphatic carbocycles. The Kier molecular flexibility index (Phi) is 3.28. The molecule has 2 aliphatic rings. The third-order valence-electron chi connectivity index (χ3n) is 4.23. The van der Waals surface area contributed by atoms with Gasteiger partial charge in [0.05, 0.1) is 17.9 Å². The quantitative estimate of drug-likeness (QED) is 0.785. The summed E-state index contributed by atoms with van der Waals surface area (Å²) in [7, 11) is 0. The van der Waals surface area contributed by atoms with Gasteiger partial charge in [-0.3, -0.25) is 19.4 Å². The first-order chi connectivity index (χ1) is 9.90. The molecule has 2 aliphatic heterocycles. The van der Waals surface area contributed by atoms with E-state index in [9.17, 15) is 18.4 Å². The number of Topliss-reactive ketones (excluding diaryl/α,β-unsaturated/α-hetero) is 1. The number of para-hydroxylation sites is 1. The van der Waals surface area contributed by atoms with E-state index in [-0.39, 0.29) is 26.2 Å². The number of fused-ring (bicyclic) bond motifs is 1. The van der Waals surface area contributed by atoms with Crippen molar-refractivity contribution in [3.8, 4) is 0 Å². The number of piperidine rings is 1. The van der Waals surface area contributed by atoms with Crippen LogP contribution in [0.15, 0.2) is 24.3 Å². The third-order valence-corrected chi connectivity index (χ3v) is 4.23. The minimum atomic E-state index is -2.65. The van der Waals surface area contributed by atoms with Crippen molar-refractivity contribution in [3.63, 3.8) is 0 Å². The van der Waals surface area contributed by atoms with E-state index in [0.29, 0.717) is 11.3 Å². The van der Waals surface area contributed by atoms with Gasteiger partial charge in [-0.05, 0) is 12.1 Å². The molecule has 1 saturated heterocycles. The second kappa shape index (κ2) is 4.87. The number of carbonyl (C=O) groups is 2.